The Balaban J connectivity index is 0.00000312. The van der Waals surface area contributed by atoms with Crippen LogP contribution in [0.1, 0.15) is 11.1 Å². The smallest absolute Gasteiger partial charge is 0.191 e. The zero-order valence-corrected chi connectivity index (χ0v) is 18.4. The molecule has 0 amide bonds. The summed E-state index contributed by atoms with van der Waals surface area (Å²) in [5.41, 5.74) is 2.29. The zero-order valence-electron chi connectivity index (χ0n) is 14.5. The summed E-state index contributed by atoms with van der Waals surface area (Å²) < 4.78 is 11.3. The van der Waals surface area contributed by atoms with Crippen molar-refractivity contribution in [1.82, 2.24) is 10.6 Å². The van der Waals surface area contributed by atoms with Gasteiger partial charge in [-0.15, -0.1) is 24.0 Å². The van der Waals surface area contributed by atoms with E-state index in [-0.39, 0.29) is 24.0 Å². The second kappa shape index (κ2) is 11.2. The molecule has 2 aromatic rings. The lowest BCUT2D eigenvalue weighted by Gasteiger charge is -2.13. The minimum atomic E-state index is 0. The SMILES string of the molecule is CN=C(NCc1ccc(OC)cc1)NCc1ccc(OC)c(Br)c1.I. The Morgan fingerprint density at radius 3 is 2.08 bits per heavy atom. The zero-order chi connectivity index (χ0) is 17.4. The molecule has 0 aromatic heterocycles. The first kappa shape index (κ1) is 21.6. The minimum Gasteiger partial charge on any atom is -0.497 e. The van der Waals surface area contributed by atoms with E-state index in [0.29, 0.717) is 13.1 Å². The monoisotopic (exact) mass is 519 g/mol. The molecule has 0 atom stereocenters. The highest BCUT2D eigenvalue weighted by Crippen LogP contribution is 2.25. The number of rotatable bonds is 6. The Kier molecular flexibility index (Phi) is 9.66. The summed E-state index contributed by atoms with van der Waals surface area (Å²) in [7, 11) is 5.08. The van der Waals surface area contributed by atoms with Gasteiger partial charge in [0.2, 0.25) is 0 Å². The maximum absolute atomic E-state index is 5.24. The predicted molar refractivity (Wildman–Crippen MR) is 116 cm³/mol. The minimum absolute atomic E-state index is 0. The number of methoxy groups -OCH3 is 2. The Morgan fingerprint density at radius 1 is 0.960 bits per heavy atom. The van der Waals surface area contributed by atoms with Gasteiger partial charge >= 0.3 is 0 Å². The summed E-state index contributed by atoms with van der Waals surface area (Å²) in [4.78, 5) is 4.24. The van der Waals surface area contributed by atoms with E-state index >= 15 is 0 Å². The van der Waals surface area contributed by atoms with Gasteiger partial charge in [-0.1, -0.05) is 18.2 Å². The van der Waals surface area contributed by atoms with E-state index in [4.69, 9.17) is 9.47 Å². The molecule has 7 heteroatoms. The first-order chi connectivity index (χ1) is 11.7. The van der Waals surface area contributed by atoms with Gasteiger partial charge in [0.05, 0.1) is 18.7 Å². The molecule has 0 aliphatic rings. The average Bonchev–Trinajstić information content (AvgIpc) is 2.62. The summed E-state index contributed by atoms with van der Waals surface area (Å²) in [5.74, 6) is 2.42. The lowest BCUT2D eigenvalue weighted by molar-refractivity contribution is 0.412. The number of guanidine groups is 1. The second-order valence-corrected chi connectivity index (χ2v) is 5.95. The Labute approximate surface area is 174 Å². The Bertz CT molecular complexity index is 693. The molecule has 2 rings (SSSR count). The van der Waals surface area contributed by atoms with E-state index in [9.17, 15) is 0 Å². The summed E-state index contributed by atoms with van der Waals surface area (Å²) in [5, 5.41) is 6.59. The number of hydrogen-bond donors (Lipinski definition) is 2. The standard InChI is InChI=1S/C18H22BrN3O2.HI/c1-20-18(21-11-13-4-7-15(23-2)8-5-13)22-12-14-6-9-17(24-3)16(19)10-14;/h4-10H,11-12H2,1-3H3,(H2,20,21,22);1H. The number of nitrogens with zero attached hydrogens (tertiary/aromatic N) is 1. The van der Waals surface area contributed by atoms with Gasteiger partial charge in [-0.05, 0) is 51.3 Å². The number of halogens is 2. The fourth-order valence-corrected chi connectivity index (χ4v) is 2.74. The van der Waals surface area contributed by atoms with Crippen molar-refractivity contribution in [3.8, 4) is 11.5 Å². The number of aliphatic imine (C=N–C) groups is 1. The molecular formula is C18H23BrIN3O2. The van der Waals surface area contributed by atoms with Crippen LogP contribution in [-0.4, -0.2) is 27.2 Å². The van der Waals surface area contributed by atoms with Crippen molar-refractivity contribution in [3.63, 3.8) is 0 Å². The second-order valence-electron chi connectivity index (χ2n) is 5.10. The van der Waals surface area contributed by atoms with Crippen LogP contribution in [0.25, 0.3) is 0 Å². The highest BCUT2D eigenvalue weighted by molar-refractivity contribution is 14.0. The highest BCUT2D eigenvalue weighted by atomic mass is 127. The maximum atomic E-state index is 5.24. The van der Waals surface area contributed by atoms with E-state index in [1.807, 2.05) is 42.5 Å². The first-order valence-electron chi connectivity index (χ1n) is 7.56. The van der Waals surface area contributed by atoms with Crippen molar-refractivity contribution in [1.29, 1.82) is 0 Å². The van der Waals surface area contributed by atoms with Crippen molar-refractivity contribution >= 4 is 45.9 Å². The van der Waals surface area contributed by atoms with Crippen LogP contribution in [-0.2, 0) is 13.1 Å². The summed E-state index contributed by atoms with van der Waals surface area (Å²) >= 11 is 3.50. The number of benzene rings is 2. The molecule has 0 aliphatic heterocycles. The number of hydrogen-bond acceptors (Lipinski definition) is 3. The molecule has 0 bridgehead atoms. The molecule has 2 aromatic carbocycles. The Hall–Kier alpha value is -1.48. The fraction of sp³-hybridized carbons (Fsp3) is 0.278. The van der Waals surface area contributed by atoms with E-state index in [2.05, 4.69) is 31.6 Å². The maximum Gasteiger partial charge on any atom is 0.191 e. The van der Waals surface area contributed by atoms with Crippen molar-refractivity contribution in [2.45, 2.75) is 13.1 Å². The van der Waals surface area contributed by atoms with Crippen LogP contribution >= 0.6 is 39.9 Å². The van der Waals surface area contributed by atoms with Gasteiger partial charge in [-0.3, -0.25) is 4.99 Å². The molecule has 0 saturated heterocycles. The third-order valence-corrected chi connectivity index (χ3v) is 4.14. The molecule has 2 N–H and O–H groups in total. The molecule has 0 fully saturated rings. The third kappa shape index (κ3) is 6.74. The van der Waals surface area contributed by atoms with Gasteiger partial charge < -0.3 is 20.1 Å². The van der Waals surface area contributed by atoms with Gasteiger partial charge in [-0.2, -0.15) is 0 Å². The molecule has 0 spiro atoms. The molecule has 0 heterocycles. The first-order valence-corrected chi connectivity index (χ1v) is 8.35. The Morgan fingerprint density at radius 2 is 1.56 bits per heavy atom. The van der Waals surface area contributed by atoms with Gasteiger partial charge in [0.25, 0.3) is 0 Å². The van der Waals surface area contributed by atoms with Crippen LogP contribution in [0.5, 0.6) is 11.5 Å². The van der Waals surface area contributed by atoms with E-state index in [1.54, 1.807) is 21.3 Å². The van der Waals surface area contributed by atoms with Crippen LogP contribution in [0.15, 0.2) is 51.9 Å². The lowest BCUT2D eigenvalue weighted by Crippen LogP contribution is -2.36. The van der Waals surface area contributed by atoms with Crippen LogP contribution in [0, 0.1) is 0 Å². The summed E-state index contributed by atoms with van der Waals surface area (Å²) in [6, 6.07) is 13.9. The molecule has 0 radical (unpaired) electrons. The van der Waals surface area contributed by atoms with Crippen LogP contribution < -0.4 is 20.1 Å². The topological polar surface area (TPSA) is 54.9 Å². The molecule has 5 nitrogen and oxygen atoms in total. The van der Waals surface area contributed by atoms with Gasteiger partial charge in [0, 0.05) is 20.1 Å². The molecular weight excluding hydrogens is 497 g/mol. The normalized spacial score (nSPS) is 10.6. The van der Waals surface area contributed by atoms with Crippen molar-refractivity contribution < 1.29 is 9.47 Å². The average molecular weight is 520 g/mol. The molecule has 136 valence electrons. The van der Waals surface area contributed by atoms with Crippen molar-refractivity contribution in [3.05, 3.63) is 58.1 Å². The van der Waals surface area contributed by atoms with Crippen LogP contribution in [0.4, 0.5) is 0 Å². The fourth-order valence-electron chi connectivity index (χ4n) is 2.16. The van der Waals surface area contributed by atoms with Crippen molar-refractivity contribution in [2.24, 2.45) is 4.99 Å². The van der Waals surface area contributed by atoms with E-state index in [0.717, 1.165) is 33.1 Å². The third-order valence-electron chi connectivity index (χ3n) is 3.52. The number of nitrogens with one attached hydrogen (secondary N) is 2. The van der Waals surface area contributed by atoms with E-state index in [1.165, 1.54) is 0 Å². The molecule has 0 aliphatic carbocycles. The lowest BCUT2D eigenvalue weighted by atomic mass is 10.2. The van der Waals surface area contributed by atoms with Crippen molar-refractivity contribution in [2.75, 3.05) is 21.3 Å². The van der Waals surface area contributed by atoms with Crippen LogP contribution in [0.2, 0.25) is 0 Å². The number of ether oxygens (including phenoxy) is 2. The van der Waals surface area contributed by atoms with E-state index < -0.39 is 0 Å². The van der Waals surface area contributed by atoms with Gasteiger partial charge in [0.1, 0.15) is 11.5 Å². The highest BCUT2D eigenvalue weighted by Gasteiger charge is 2.03. The summed E-state index contributed by atoms with van der Waals surface area (Å²) in [6.45, 7) is 1.36. The largest absolute Gasteiger partial charge is 0.497 e. The van der Waals surface area contributed by atoms with Gasteiger partial charge in [-0.25, -0.2) is 0 Å². The molecule has 0 saturated carbocycles. The summed E-state index contributed by atoms with van der Waals surface area (Å²) in [6.07, 6.45) is 0. The quantitative estimate of drug-likeness (QED) is 0.345. The van der Waals surface area contributed by atoms with Gasteiger partial charge in [0.15, 0.2) is 5.96 Å². The molecule has 25 heavy (non-hydrogen) atoms. The molecule has 0 unspecified atom stereocenters. The van der Waals surface area contributed by atoms with Crippen LogP contribution in [0.3, 0.4) is 0 Å². The predicted octanol–water partition coefficient (Wildman–Crippen LogP) is 3.95.